The number of piperidine rings is 1. The third-order valence-electron chi connectivity index (χ3n) is 6.41. The molecule has 4 heterocycles. The number of amides is 2. The maximum atomic E-state index is 13.2. The highest BCUT2D eigenvalue weighted by molar-refractivity contribution is 5.83. The van der Waals surface area contributed by atoms with E-state index in [1.807, 2.05) is 9.80 Å². The van der Waals surface area contributed by atoms with Crippen molar-refractivity contribution in [1.29, 1.82) is 0 Å². The van der Waals surface area contributed by atoms with Crippen LogP contribution in [-0.4, -0.2) is 68.0 Å². The van der Waals surface area contributed by atoms with Crippen molar-refractivity contribution in [1.82, 2.24) is 30.0 Å². The van der Waals surface area contributed by atoms with Crippen LogP contribution in [0.1, 0.15) is 64.1 Å². The van der Waals surface area contributed by atoms with Crippen molar-refractivity contribution >= 4 is 11.8 Å². The van der Waals surface area contributed by atoms with Gasteiger partial charge in [0.25, 0.3) is 0 Å². The Balaban J connectivity index is 1.40. The zero-order valence-electron chi connectivity index (χ0n) is 16.4. The molecule has 1 unspecified atom stereocenters. The van der Waals surface area contributed by atoms with Gasteiger partial charge in [-0.05, 0) is 42.0 Å². The van der Waals surface area contributed by atoms with E-state index in [1.165, 1.54) is 0 Å². The number of fused-ring (bicyclic) bond motifs is 1. The van der Waals surface area contributed by atoms with Crippen LogP contribution < -0.4 is 0 Å². The van der Waals surface area contributed by atoms with Crippen LogP contribution in [0.25, 0.3) is 0 Å². The average Bonchev–Trinajstić information content (AvgIpc) is 3.14. The predicted molar refractivity (Wildman–Crippen MR) is 98.7 cm³/mol. The number of hydrogen-bond donors (Lipinski definition) is 0. The number of hydrogen-bond acceptors (Lipinski definition) is 5. The van der Waals surface area contributed by atoms with Gasteiger partial charge in [0.15, 0.2) is 5.82 Å². The maximum absolute atomic E-state index is 13.2. The molecule has 27 heavy (non-hydrogen) atoms. The van der Waals surface area contributed by atoms with Gasteiger partial charge in [-0.2, -0.15) is 0 Å². The number of tetrazole rings is 1. The van der Waals surface area contributed by atoms with Gasteiger partial charge in [-0.1, -0.05) is 20.3 Å². The van der Waals surface area contributed by atoms with Crippen molar-refractivity contribution < 1.29 is 9.59 Å². The molecule has 1 aromatic heterocycles. The minimum absolute atomic E-state index is 0.0633. The Kier molecular flexibility index (Phi) is 4.90. The first kappa shape index (κ1) is 18.4. The summed E-state index contributed by atoms with van der Waals surface area (Å²) in [5.41, 5.74) is 0.0633. The quantitative estimate of drug-likeness (QED) is 0.799. The summed E-state index contributed by atoms with van der Waals surface area (Å²) in [4.78, 5) is 29.6. The van der Waals surface area contributed by atoms with E-state index < -0.39 is 0 Å². The molecular weight excluding hydrogens is 344 g/mol. The summed E-state index contributed by atoms with van der Waals surface area (Å²) in [5, 5.41) is 11.9. The van der Waals surface area contributed by atoms with Gasteiger partial charge in [0, 0.05) is 44.6 Å². The zero-order chi connectivity index (χ0) is 19.0. The van der Waals surface area contributed by atoms with Crippen LogP contribution >= 0.6 is 0 Å². The van der Waals surface area contributed by atoms with Crippen LogP contribution in [0, 0.1) is 11.3 Å². The normalized spacial score (nSPS) is 25.1. The van der Waals surface area contributed by atoms with Gasteiger partial charge >= 0.3 is 0 Å². The summed E-state index contributed by atoms with van der Waals surface area (Å²) in [7, 11) is 0. The molecule has 8 heteroatoms. The number of nitrogens with zero attached hydrogens (tertiary/aromatic N) is 6. The Labute approximate surface area is 160 Å². The molecule has 1 aromatic rings. The van der Waals surface area contributed by atoms with Crippen LogP contribution in [-0.2, 0) is 16.1 Å². The zero-order valence-corrected chi connectivity index (χ0v) is 16.4. The Morgan fingerprint density at radius 2 is 2.00 bits per heavy atom. The van der Waals surface area contributed by atoms with Gasteiger partial charge in [0.1, 0.15) is 0 Å². The molecule has 4 rings (SSSR count). The van der Waals surface area contributed by atoms with E-state index in [0.717, 1.165) is 70.7 Å². The minimum Gasteiger partial charge on any atom is -0.342 e. The van der Waals surface area contributed by atoms with Crippen molar-refractivity contribution in [3.63, 3.8) is 0 Å². The van der Waals surface area contributed by atoms with E-state index >= 15 is 0 Å². The SMILES string of the molecule is CC(C)CN1CC2(CCN(C(=O)C3CCCCn4nnnc43)CC2)CC1=O. The maximum Gasteiger partial charge on any atom is 0.233 e. The van der Waals surface area contributed by atoms with Crippen molar-refractivity contribution in [3.05, 3.63) is 5.82 Å². The first-order valence-electron chi connectivity index (χ1n) is 10.3. The molecule has 2 saturated heterocycles. The molecule has 3 aliphatic rings. The predicted octanol–water partition coefficient (Wildman–Crippen LogP) is 1.44. The molecule has 0 aromatic carbocycles. The monoisotopic (exact) mass is 374 g/mol. The number of carbonyl (C=O) groups is 2. The Morgan fingerprint density at radius 1 is 1.22 bits per heavy atom. The van der Waals surface area contributed by atoms with Crippen LogP contribution in [0.15, 0.2) is 0 Å². The average molecular weight is 374 g/mol. The highest BCUT2D eigenvalue weighted by Crippen LogP contribution is 2.42. The van der Waals surface area contributed by atoms with Crippen molar-refractivity contribution in [3.8, 4) is 0 Å². The second-order valence-corrected chi connectivity index (χ2v) is 8.98. The summed E-state index contributed by atoms with van der Waals surface area (Å²) in [6, 6.07) is 0. The molecule has 0 N–H and O–H groups in total. The Bertz CT molecular complexity index is 707. The standard InChI is InChI=1S/C19H30N6O2/c1-14(2)12-24-13-19(11-16(24)26)6-9-23(10-7-19)18(27)15-5-3-4-8-25-17(15)20-21-22-25/h14-15H,3-13H2,1-2H3. The summed E-state index contributed by atoms with van der Waals surface area (Å²) < 4.78 is 1.79. The Morgan fingerprint density at radius 3 is 2.74 bits per heavy atom. The fraction of sp³-hybridized carbons (Fsp3) is 0.842. The molecule has 0 saturated carbocycles. The molecule has 2 fully saturated rings. The fourth-order valence-electron chi connectivity index (χ4n) is 4.94. The van der Waals surface area contributed by atoms with Gasteiger partial charge in [-0.15, -0.1) is 5.10 Å². The van der Waals surface area contributed by atoms with Gasteiger partial charge in [-0.3, -0.25) is 9.59 Å². The Hall–Kier alpha value is -1.99. The topological polar surface area (TPSA) is 84.2 Å². The first-order chi connectivity index (χ1) is 13.0. The lowest BCUT2D eigenvalue weighted by molar-refractivity contribution is -0.135. The largest absolute Gasteiger partial charge is 0.342 e. The molecular formula is C19H30N6O2. The molecule has 1 spiro atoms. The van der Waals surface area contributed by atoms with Crippen LogP contribution in [0.4, 0.5) is 0 Å². The van der Waals surface area contributed by atoms with Gasteiger partial charge < -0.3 is 9.80 Å². The van der Waals surface area contributed by atoms with E-state index in [2.05, 4.69) is 29.4 Å². The van der Waals surface area contributed by atoms with Crippen LogP contribution in [0.5, 0.6) is 0 Å². The molecule has 0 radical (unpaired) electrons. The molecule has 0 aliphatic carbocycles. The van der Waals surface area contributed by atoms with E-state index in [9.17, 15) is 9.59 Å². The highest BCUT2D eigenvalue weighted by Gasteiger charge is 2.46. The van der Waals surface area contributed by atoms with Crippen molar-refractivity contribution in [2.45, 2.75) is 64.8 Å². The van der Waals surface area contributed by atoms with E-state index in [4.69, 9.17) is 0 Å². The third kappa shape index (κ3) is 3.58. The molecule has 1 atom stereocenters. The molecule has 0 bridgehead atoms. The molecule has 3 aliphatic heterocycles. The smallest absolute Gasteiger partial charge is 0.233 e. The summed E-state index contributed by atoms with van der Waals surface area (Å²) in [6.45, 7) is 8.27. The second kappa shape index (κ2) is 7.20. The summed E-state index contributed by atoms with van der Waals surface area (Å²) in [6.07, 6.45) is 5.31. The first-order valence-corrected chi connectivity index (χ1v) is 10.3. The van der Waals surface area contributed by atoms with Crippen molar-refractivity contribution in [2.24, 2.45) is 11.3 Å². The third-order valence-corrected chi connectivity index (χ3v) is 6.41. The number of carbonyl (C=O) groups excluding carboxylic acids is 2. The lowest BCUT2D eigenvalue weighted by Gasteiger charge is -2.39. The minimum atomic E-state index is -0.223. The van der Waals surface area contributed by atoms with Gasteiger partial charge in [-0.25, -0.2) is 4.68 Å². The number of likely N-dealkylation sites (tertiary alicyclic amines) is 2. The summed E-state index contributed by atoms with van der Waals surface area (Å²) in [5.74, 6) is 1.43. The molecule has 2 amide bonds. The summed E-state index contributed by atoms with van der Waals surface area (Å²) >= 11 is 0. The number of aromatic nitrogens is 4. The van der Waals surface area contributed by atoms with Crippen molar-refractivity contribution in [2.75, 3.05) is 26.2 Å². The second-order valence-electron chi connectivity index (χ2n) is 8.98. The molecule has 148 valence electrons. The fourth-order valence-corrected chi connectivity index (χ4v) is 4.94. The highest BCUT2D eigenvalue weighted by atomic mass is 16.2. The number of rotatable bonds is 3. The lowest BCUT2D eigenvalue weighted by Crippen LogP contribution is -2.46. The number of aryl methyl sites for hydroxylation is 1. The van der Waals surface area contributed by atoms with Crippen LogP contribution in [0.3, 0.4) is 0 Å². The van der Waals surface area contributed by atoms with E-state index in [-0.39, 0.29) is 23.1 Å². The molecule has 8 nitrogen and oxygen atoms in total. The van der Waals surface area contributed by atoms with E-state index in [0.29, 0.717) is 12.3 Å². The van der Waals surface area contributed by atoms with E-state index in [1.54, 1.807) is 4.68 Å². The van der Waals surface area contributed by atoms with Gasteiger partial charge in [0.05, 0.1) is 5.92 Å². The van der Waals surface area contributed by atoms with Gasteiger partial charge in [0.2, 0.25) is 11.8 Å². The lowest BCUT2D eigenvalue weighted by atomic mass is 9.77. The van der Waals surface area contributed by atoms with Crippen LogP contribution in [0.2, 0.25) is 0 Å².